The van der Waals surface area contributed by atoms with Gasteiger partial charge < -0.3 is 43.9 Å². The number of methoxy groups -OCH3 is 3. The number of carbonyl (C=O) groups excluding carboxylic acids is 4. The van der Waals surface area contributed by atoms with Crippen LogP contribution in [0.2, 0.25) is 0 Å². The number of ketones is 2. The van der Waals surface area contributed by atoms with Crippen LogP contribution in [-0.4, -0.2) is 126 Å². The second-order valence-electron chi connectivity index (χ2n) is 18.8. The molecule has 62 heavy (non-hydrogen) atoms. The van der Waals surface area contributed by atoms with Gasteiger partial charge in [0.1, 0.15) is 24.0 Å². The van der Waals surface area contributed by atoms with Gasteiger partial charge in [-0.1, -0.05) is 75.8 Å². The van der Waals surface area contributed by atoms with Gasteiger partial charge >= 0.3 is 5.97 Å². The number of piperidine rings is 1. The van der Waals surface area contributed by atoms with E-state index in [0.29, 0.717) is 56.9 Å². The van der Waals surface area contributed by atoms with E-state index in [9.17, 15) is 34.5 Å². The van der Waals surface area contributed by atoms with Crippen LogP contribution < -0.4 is 0 Å². The highest BCUT2D eigenvalue weighted by Gasteiger charge is 2.56. The first-order valence-corrected chi connectivity index (χ1v) is 22.8. The Bertz CT molecular complexity index is 1770. The average Bonchev–Trinajstić information content (AvgIpc) is 3.26. The zero-order valence-corrected chi connectivity index (χ0v) is 38.4. The van der Waals surface area contributed by atoms with Gasteiger partial charge in [-0.3, -0.25) is 14.4 Å². The molecule has 5 rings (SSSR count). The van der Waals surface area contributed by atoms with E-state index in [-0.39, 0.29) is 37.5 Å². The lowest BCUT2D eigenvalue weighted by atomic mass is 9.66. The van der Waals surface area contributed by atoms with Crippen molar-refractivity contribution >= 4 is 23.4 Å². The Morgan fingerprint density at radius 3 is 2.21 bits per heavy atom. The third-order valence-electron chi connectivity index (χ3n) is 14.3. The molecule has 14 atom stereocenters. The third-order valence-corrected chi connectivity index (χ3v) is 14.3. The molecule has 3 aliphatic heterocycles. The van der Waals surface area contributed by atoms with Gasteiger partial charge in [-0.25, -0.2) is 4.79 Å². The van der Waals surface area contributed by atoms with Crippen molar-refractivity contribution in [1.29, 1.82) is 0 Å². The number of aliphatic hydroxyl groups excluding tert-OH is 2. The van der Waals surface area contributed by atoms with Crippen LogP contribution in [0.5, 0.6) is 0 Å². The Kier molecular flexibility index (Phi) is 17.3. The molecule has 1 saturated carbocycles. The van der Waals surface area contributed by atoms with Gasteiger partial charge in [0.25, 0.3) is 11.7 Å². The SMILES string of the molecule is CCC1C=C(C)CC(C)CC(OC)C2OC(O)(C(=O)C(=O)N3CCCCC3C(=O)OC(C(C)=CC3(c4ccccc4)CC[C@H](O)C(OC)C3)C(C)C(O)CC1=O)C(C)CC2OC. The largest absolute Gasteiger partial charge is 0.456 e. The number of allylic oxidation sites excluding steroid dienone is 3. The van der Waals surface area contributed by atoms with Gasteiger partial charge in [-0.05, 0) is 95.1 Å². The van der Waals surface area contributed by atoms with Gasteiger partial charge in [-0.2, -0.15) is 0 Å². The van der Waals surface area contributed by atoms with Gasteiger partial charge in [-0.15, -0.1) is 0 Å². The molecule has 0 radical (unpaired) electrons. The van der Waals surface area contributed by atoms with Gasteiger partial charge in [0.15, 0.2) is 0 Å². The van der Waals surface area contributed by atoms with Crippen LogP contribution in [0.4, 0.5) is 0 Å². The number of benzene rings is 1. The second kappa shape index (κ2) is 21.6. The van der Waals surface area contributed by atoms with Crippen molar-refractivity contribution in [2.75, 3.05) is 27.9 Å². The van der Waals surface area contributed by atoms with E-state index in [1.807, 2.05) is 57.2 Å². The molecule has 0 aromatic heterocycles. The molecule has 4 aliphatic rings. The van der Waals surface area contributed by atoms with Crippen molar-refractivity contribution in [2.24, 2.45) is 23.7 Å². The van der Waals surface area contributed by atoms with Gasteiger partial charge in [0, 0.05) is 57.5 Å². The summed E-state index contributed by atoms with van der Waals surface area (Å²) in [5.41, 5.74) is 1.96. The Labute approximate surface area is 368 Å². The van der Waals surface area contributed by atoms with Crippen LogP contribution in [0.3, 0.4) is 0 Å². The number of ether oxygens (including phenoxy) is 5. The number of esters is 1. The number of cyclic esters (lactones) is 1. The molecule has 3 N–H and O–H groups in total. The molecule has 13 heteroatoms. The summed E-state index contributed by atoms with van der Waals surface area (Å²) in [5.74, 6) is -7.69. The summed E-state index contributed by atoms with van der Waals surface area (Å²) < 4.78 is 30.3. The van der Waals surface area contributed by atoms with Gasteiger partial charge in [0.05, 0.1) is 30.5 Å². The molecule has 13 nitrogen and oxygen atoms in total. The third kappa shape index (κ3) is 11.0. The number of carbonyl (C=O) groups is 4. The number of hydrogen-bond donors (Lipinski definition) is 3. The van der Waals surface area contributed by atoms with Crippen molar-refractivity contribution in [3.05, 3.63) is 59.2 Å². The number of amides is 1. The van der Waals surface area contributed by atoms with Crippen LogP contribution in [0.25, 0.3) is 0 Å². The standard InChI is InChI=1S/C49H73NO12/c1-10-34-23-29(2)22-30(3)24-40(58-7)44-41(59-8)25-32(5)49(57,62-44)45(54)46(55)50-21-15-14-18-36(50)47(56)61-43(33(6)38(52)26-39(34)53)31(4)27-48(35-16-12-11-13-17-35)20-19-37(51)42(28-48)60-9/h11-13,16-17,23,27,30,32-34,36-38,40-44,51-52,57H,10,14-15,18-22,24-26,28H2,1-9H3/t30?,32?,33?,34?,36?,37-,38?,40?,41?,42?,43?,44?,48?,49?/m0/s1. The van der Waals surface area contributed by atoms with Crippen LogP contribution >= 0.6 is 0 Å². The molecular formula is C49H73NO12. The maximum atomic E-state index is 14.6. The fourth-order valence-corrected chi connectivity index (χ4v) is 10.6. The fourth-order valence-electron chi connectivity index (χ4n) is 10.6. The van der Waals surface area contributed by atoms with Crippen LogP contribution in [0, 0.1) is 23.7 Å². The van der Waals surface area contributed by atoms with Crippen molar-refractivity contribution in [2.45, 2.75) is 172 Å². The van der Waals surface area contributed by atoms with Crippen molar-refractivity contribution in [3.63, 3.8) is 0 Å². The zero-order chi connectivity index (χ0) is 45.5. The molecule has 1 aromatic rings. The normalized spacial score (nSPS) is 39.0. The Morgan fingerprint density at radius 2 is 1.56 bits per heavy atom. The molecule has 2 bridgehead atoms. The monoisotopic (exact) mass is 868 g/mol. The summed E-state index contributed by atoms with van der Waals surface area (Å²) in [6.45, 7) is 11.3. The minimum atomic E-state index is -2.52. The predicted octanol–water partition coefficient (Wildman–Crippen LogP) is 5.79. The number of aliphatic hydroxyl groups is 3. The highest BCUT2D eigenvalue weighted by atomic mass is 16.7. The highest BCUT2D eigenvalue weighted by Crippen LogP contribution is 2.44. The van der Waals surface area contributed by atoms with E-state index >= 15 is 0 Å². The van der Waals surface area contributed by atoms with E-state index in [1.54, 1.807) is 21.0 Å². The lowest BCUT2D eigenvalue weighted by Gasteiger charge is -2.47. The maximum absolute atomic E-state index is 14.6. The number of fused-ring (bicyclic) bond motifs is 3. The van der Waals surface area contributed by atoms with Crippen molar-refractivity contribution in [1.82, 2.24) is 4.90 Å². The molecule has 13 unspecified atom stereocenters. The Hall–Kier alpha value is -3.30. The van der Waals surface area contributed by atoms with Gasteiger partial charge in [0.2, 0.25) is 5.79 Å². The van der Waals surface area contributed by atoms with Crippen molar-refractivity contribution in [3.8, 4) is 0 Å². The highest BCUT2D eigenvalue weighted by molar-refractivity contribution is 6.39. The molecule has 2 saturated heterocycles. The molecule has 1 amide bonds. The first kappa shape index (κ1) is 49.7. The smallest absolute Gasteiger partial charge is 0.329 e. The number of nitrogens with zero attached hydrogens (tertiary/aromatic N) is 1. The first-order chi connectivity index (χ1) is 29.4. The fraction of sp³-hybridized carbons (Fsp3) is 0.714. The summed E-state index contributed by atoms with van der Waals surface area (Å²) in [4.78, 5) is 58.6. The minimum Gasteiger partial charge on any atom is -0.456 e. The first-order valence-electron chi connectivity index (χ1n) is 22.8. The number of rotatable bonds is 7. The zero-order valence-electron chi connectivity index (χ0n) is 38.4. The summed E-state index contributed by atoms with van der Waals surface area (Å²) >= 11 is 0. The average molecular weight is 868 g/mol. The summed E-state index contributed by atoms with van der Waals surface area (Å²) in [6.07, 6.45) is 2.97. The lowest BCUT2D eigenvalue weighted by Crippen LogP contribution is -2.64. The molecule has 3 fully saturated rings. The molecule has 346 valence electrons. The quantitative estimate of drug-likeness (QED) is 0.171. The minimum absolute atomic E-state index is 0.0213. The lowest BCUT2D eigenvalue weighted by molar-refractivity contribution is -0.302. The van der Waals surface area contributed by atoms with Crippen molar-refractivity contribution < 1.29 is 58.2 Å². The summed E-state index contributed by atoms with van der Waals surface area (Å²) in [5, 5.41) is 34.9. The Balaban J connectivity index is 1.60. The van der Waals surface area contributed by atoms with Crippen LogP contribution in [-0.2, 0) is 48.3 Å². The number of hydrogen-bond acceptors (Lipinski definition) is 12. The van der Waals surface area contributed by atoms with E-state index < -0.39 is 95.4 Å². The van der Waals surface area contributed by atoms with E-state index in [0.717, 1.165) is 11.1 Å². The number of Topliss-reactive ketones (excluding diaryl/α,β-unsaturated/α-hetero) is 2. The second-order valence-corrected chi connectivity index (χ2v) is 18.8. The van der Waals surface area contributed by atoms with Crippen LogP contribution in [0.1, 0.15) is 118 Å². The van der Waals surface area contributed by atoms with E-state index in [1.165, 1.54) is 19.1 Å². The molecule has 0 spiro atoms. The summed E-state index contributed by atoms with van der Waals surface area (Å²) in [7, 11) is 4.64. The predicted molar refractivity (Wildman–Crippen MR) is 233 cm³/mol. The Morgan fingerprint density at radius 1 is 0.903 bits per heavy atom. The van der Waals surface area contributed by atoms with E-state index in [4.69, 9.17) is 23.7 Å². The summed E-state index contributed by atoms with van der Waals surface area (Å²) in [6, 6.07) is 8.71. The van der Waals surface area contributed by atoms with Crippen LogP contribution in [0.15, 0.2) is 53.6 Å². The molecule has 1 aromatic carbocycles. The topological polar surface area (TPSA) is 178 Å². The molecular weight excluding hydrogens is 795 g/mol. The molecule has 1 aliphatic carbocycles. The maximum Gasteiger partial charge on any atom is 0.329 e. The van der Waals surface area contributed by atoms with E-state index in [2.05, 4.69) is 13.0 Å². The molecule has 3 heterocycles.